The molecule has 0 aliphatic carbocycles. The molecule has 2 amide bonds. The maximum Gasteiger partial charge on any atom is 0.408 e. The highest BCUT2D eigenvalue weighted by atomic mass is 32.2. The Hall–Kier alpha value is -2.95. The van der Waals surface area contributed by atoms with E-state index < -0.39 is 39.2 Å². The van der Waals surface area contributed by atoms with Crippen molar-refractivity contribution >= 4 is 22.0 Å². The summed E-state index contributed by atoms with van der Waals surface area (Å²) in [5.74, 6) is -0.303. The number of hydrogen-bond acceptors (Lipinski definition) is 6. The van der Waals surface area contributed by atoms with Crippen molar-refractivity contribution < 1.29 is 27.9 Å². The maximum atomic E-state index is 13.6. The third kappa shape index (κ3) is 11.7. The molecule has 0 heterocycles. The van der Waals surface area contributed by atoms with Gasteiger partial charge in [0.1, 0.15) is 18.4 Å². The molecule has 2 aromatic carbocycles. The van der Waals surface area contributed by atoms with Crippen molar-refractivity contribution in [2.75, 3.05) is 19.3 Å². The van der Waals surface area contributed by atoms with Gasteiger partial charge < -0.3 is 20.5 Å². The summed E-state index contributed by atoms with van der Waals surface area (Å²) in [5, 5.41) is 17.1. The van der Waals surface area contributed by atoms with Crippen LogP contribution in [0.1, 0.15) is 58.6 Å². The lowest BCUT2D eigenvalue weighted by Crippen LogP contribution is -2.60. The molecular formula is C30H45N3O6S. The predicted octanol–water partition coefficient (Wildman–Crippen LogP) is 4.07. The number of sulfonamides is 1. The topological polar surface area (TPSA) is 125 Å². The molecule has 0 aliphatic heterocycles. The van der Waals surface area contributed by atoms with E-state index in [1.165, 1.54) is 4.31 Å². The van der Waals surface area contributed by atoms with Gasteiger partial charge in [-0.2, -0.15) is 0 Å². The lowest BCUT2D eigenvalue weighted by molar-refractivity contribution is -0.134. The van der Waals surface area contributed by atoms with Crippen molar-refractivity contribution in [3.63, 3.8) is 0 Å². The van der Waals surface area contributed by atoms with Gasteiger partial charge in [-0.15, -0.1) is 0 Å². The second-order valence-electron chi connectivity index (χ2n) is 11.8. The Balaban J connectivity index is 2.22. The zero-order valence-corrected chi connectivity index (χ0v) is 25.3. The molecule has 0 aliphatic rings. The summed E-state index contributed by atoms with van der Waals surface area (Å²) in [6, 6.07) is 17.3. The van der Waals surface area contributed by atoms with E-state index in [0.29, 0.717) is 18.9 Å². The molecule has 1 unspecified atom stereocenters. The number of ether oxygens (including phenoxy) is 1. The van der Waals surface area contributed by atoms with Crippen LogP contribution in [0.3, 0.4) is 0 Å². The number of alkyl carbamates (subject to hydrolysis) is 1. The van der Waals surface area contributed by atoms with Crippen LogP contribution in [0.5, 0.6) is 0 Å². The fourth-order valence-electron chi connectivity index (χ4n) is 4.14. The monoisotopic (exact) mass is 575 g/mol. The molecule has 0 fully saturated rings. The van der Waals surface area contributed by atoms with E-state index >= 15 is 0 Å². The number of hydrogen-bond donors (Lipinski definition) is 3. The second-order valence-corrected chi connectivity index (χ2v) is 13.8. The Morgan fingerprint density at radius 3 is 2.00 bits per heavy atom. The van der Waals surface area contributed by atoms with E-state index in [1.54, 1.807) is 20.8 Å². The molecule has 2 rings (SSSR count). The minimum Gasteiger partial charge on any atom is -0.445 e. The normalized spacial score (nSPS) is 14.4. The smallest absolute Gasteiger partial charge is 0.408 e. The van der Waals surface area contributed by atoms with Gasteiger partial charge in [0, 0.05) is 25.9 Å². The zero-order chi connectivity index (χ0) is 30.0. The van der Waals surface area contributed by atoms with Gasteiger partial charge in [-0.05, 0) is 28.9 Å². The summed E-state index contributed by atoms with van der Waals surface area (Å²) in [5.41, 5.74) is -0.932. The third-order valence-corrected chi connectivity index (χ3v) is 7.80. The van der Waals surface area contributed by atoms with Gasteiger partial charge in [0.05, 0.1) is 6.26 Å². The molecule has 0 bridgehead atoms. The van der Waals surface area contributed by atoms with Crippen LogP contribution >= 0.6 is 0 Å². The van der Waals surface area contributed by atoms with E-state index in [4.69, 9.17) is 4.74 Å². The summed E-state index contributed by atoms with van der Waals surface area (Å²) >= 11 is 0. The molecule has 0 aromatic heterocycles. The minimum atomic E-state index is -3.53. The summed E-state index contributed by atoms with van der Waals surface area (Å²) in [6.45, 7) is 9.77. The molecular weight excluding hydrogens is 530 g/mol. The van der Waals surface area contributed by atoms with Gasteiger partial charge in [-0.25, -0.2) is 17.5 Å². The first-order valence-corrected chi connectivity index (χ1v) is 15.4. The third-order valence-electron chi connectivity index (χ3n) is 6.50. The van der Waals surface area contributed by atoms with E-state index in [2.05, 4.69) is 10.6 Å². The lowest BCUT2D eigenvalue weighted by atomic mass is 9.85. The molecule has 2 aromatic rings. The summed E-state index contributed by atoms with van der Waals surface area (Å²) < 4.78 is 31.6. The Morgan fingerprint density at radius 1 is 0.950 bits per heavy atom. The van der Waals surface area contributed by atoms with E-state index in [0.717, 1.165) is 17.4 Å². The van der Waals surface area contributed by atoms with Crippen LogP contribution < -0.4 is 10.6 Å². The average molecular weight is 576 g/mol. The molecule has 0 radical (unpaired) electrons. The van der Waals surface area contributed by atoms with Crippen LogP contribution in [0.15, 0.2) is 60.7 Å². The first kappa shape index (κ1) is 33.3. The number of carbonyl (C=O) groups is 2. The van der Waals surface area contributed by atoms with Gasteiger partial charge >= 0.3 is 6.09 Å². The molecule has 0 saturated carbocycles. The number of rotatable bonds is 14. The number of nitrogens with one attached hydrogen (secondary N) is 2. The SMILES string of the molecule is CC(C)CCN(CCC(O)(Cc1ccccc1)NC(=O)[C@@H](NC(=O)OCc1ccccc1)C(C)(C)C)S(C)(=O)=O. The van der Waals surface area contributed by atoms with Crippen LogP contribution in [0.4, 0.5) is 4.79 Å². The Bertz CT molecular complexity index is 1180. The summed E-state index contributed by atoms with van der Waals surface area (Å²) in [6.07, 6.45) is 1.05. The Morgan fingerprint density at radius 2 is 1.50 bits per heavy atom. The van der Waals surface area contributed by atoms with Crippen LogP contribution in [0, 0.1) is 11.3 Å². The maximum absolute atomic E-state index is 13.6. The van der Waals surface area contributed by atoms with Crippen LogP contribution in [0.25, 0.3) is 0 Å². The fraction of sp³-hybridized carbons (Fsp3) is 0.533. The number of carbonyl (C=O) groups excluding carboxylic acids is 2. The highest BCUT2D eigenvalue weighted by Crippen LogP contribution is 2.23. The average Bonchev–Trinajstić information content (AvgIpc) is 2.85. The number of benzene rings is 2. The number of amides is 2. The first-order chi connectivity index (χ1) is 18.6. The first-order valence-electron chi connectivity index (χ1n) is 13.6. The lowest BCUT2D eigenvalue weighted by Gasteiger charge is -2.36. The van der Waals surface area contributed by atoms with E-state index in [1.807, 2.05) is 74.5 Å². The van der Waals surface area contributed by atoms with Gasteiger partial charge in [-0.3, -0.25) is 4.79 Å². The number of aliphatic hydroxyl groups is 1. The van der Waals surface area contributed by atoms with Crippen molar-refractivity contribution in [1.29, 1.82) is 0 Å². The number of nitrogens with zero attached hydrogens (tertiary/aromatic N) is 1. The van der Waals surface area contributed by atoms with Gasteiger partial charge in [0.25, 0.3) is 0 Å². The zero-order valence-electron chi connectivity index (χ0n) is 24.5. The van der Waals surface area contributed by atoms with Crippen LogP contribution in [-0.4, -0.2) is 60.9 Å². The van der Waals surface area contributed by atoms with Gasteiger partial charge in [-0.1, -0.05) is 95.3 Å². The predicted molar refractivity (Wildman–Crippen MR) is 157 cm³/mol. The van der Waals surface area contributed by atoms with E-state index in [9.17, 15) is 23.1 Å². The molecule has 40 heavy (non-hydrogen) atoms. The molecule has 3 N–H and O–H groups in total. The quantitative estimate of drug-likeness (QED) is 0.292. The van der Waals surface area contributed by atoms with Crippen molar-refractivity contribution in [1.82, 2.24) is 14.9 Å². The van der Waals surface area contributed by atoms with Crippen LogP contribution in [-0.2, 0) is 32.6 Å². The Labute approximate surface area is 239 Å². The molecule has 0 spiro atoms. The highest BCUT2D eigenvalue weighted by molar-refractivity contribution is 7.88. The Kier molecular flexibility index (Phi) is 12.2. The van der Waals surface area contributed by atoms with Crippen LogP contribution in [0.2, 0.25) is 0 Å². The van der Waals surface area contributed by atoms with Crippen molar-refractivity contribution in [3.8, 4) is 0 Å². The summed E-state index contributed by atoms with van der Waals surface area (Å²) in [4.78, 5) is 26.2. The van der Waals surface area contributed by atoms with E-state index in [-0.39, 0.29) is 26.0 Å². The fourth-order valence-corrected chi connectivity index (χ4v) is 5.00. The largest absolute Gasteiger partial charge is 0.445 e. The molecule has 9 nitrogen and oxygen atoms in total. The van der Waals surface area contributed by atoms with Crippen molar-refractivity contribution in [3.05, 3.63) is 71.8 Å². The summed E-state index contributed by atoms with van der Waals surface area (Å²) in [7, 11) is -3.53. The molecule has 222 valence electrons. The molecule has 0 saturated heterocycles. The van der Waals surface area contributed by atoms with Gasteiger partial charge in [0.15, 0.2) is 0 Å². The minimum absolute atomic E-state index is 0.0158. The second kappa shape index (κ2) is 14.6. The van der Waals surface area contributed by atoms with Gasteiger partial charge in [0.2, 0.25) is 15.9 Å². The highest BCUT2D eigenvalue weighted by Gasteiger charge is 2.39. The molecule has 2 atom stereocenters. The standard InChI is InChI=1S/C30H45N3O6S/c1-23(2)17-19-33(40(6,37)38)20-18-30(36,21-24-13-9-7-10-14-24)32-27(34)26(29(3,4)5)31-28(35)39-22-25-15-11-8-12-16-25/h7-16,23,26,36H,17-22H2,1-6H3,(H,31,35)(H,32,34)/t26-,30?/m1/s1. The van der Waals surface area contributed by atoms with Crippen molar-refractivity contribution in [2.24, 2.45) is 11.3 Å². The molecule has 10 heteroatoms. The van der Waals surface area contributed by atoms with Crippen molar-refractivity contribution in [2.45, 2.75) is 72.3 Å².